The monoisotopic (exact) mass is 274 g/mol. The van der Waals surface area contributed by atoms with Gasteiger partial charge in [-0.1, -0.05) is 0 Å². The average Bonchev–Trinajstić information content (AvgIpc) is 2.88. The normalized spacial score (nSPS) is 16.4. The van der Waals surface area contributed by atoms with E-state index >= 15 is 0 Å². The van der Waals surface area contributed by atoms with Crippen LogP contribution in [0.25, 0.3) is 5.65 Å². The zero-order valence-corrected chi connectivity index (χ0v) is 11.5. The fraction of sp³-hybridized carbons (Fsp3) is 0.429. The van der Waals surface area contributed by atoms with E-state index in [0.717, 1.165) is 44.1 Å². The van der Waals surface area contributed by atoms with Gasteiger partial charge < -0.3 is 14.5 Å². The second-order valence-electron chi connectivity index (χ2n) is 4.93. The molecule has 0 amide bonds. The number of hydrogen-bond acceptors (Lipinski definition) is 5. The van der Waals surface area contributed by atoms with Gasteiger partial charge in [-0.25, -0.2) is 9.78 Å². The lowest BCUT2D eigenvalue weighted by molar-refractivity contribution is 0.0600. The summed E-state index contributed by atoms with van der Waals surface area (Å²) in [4.78, 5) is 18.5. The van der Waals surface area contributed by atoms with Gasteiger partial charge in [0.15, 0.2) is 0 Å². The van der Waals surface area contributed by atoms with Crippen LogP contribution in [0.15, 0.2) is 24.5 Å². The number of fused-ring (bicyclic) bond motifs is 1. The molecule has 1 aliphatic heterocycles. The van der Waals surface area contributed by atoms with Gasteiger partial charge in [-0.3, -0.25) is 4.90 Å². The number of piperazine rings is 1. The molecule has 2 aromatic rings. The van der Waals surface area contributed by atoms with Gasteiger partial charge in [0.2, 0.25) is 0 Å². The second-order valence-corrected chi connectivity index (χ2v) is 4.93. The van der Waals surface area contributed by atoms with Crippen molar-refractivity contribution in [1.82, 2.24) is 19.6 Å². The summed E-state index contributed by atoms with van der Waals surface area (Å²) in [5, 5.41) is 3.33. The van der Waals surface area contributed by atoms with Gasteiger partial charge in [-0.15, -0.1) is 0 Å². The third-order valence-corrected chi connectivity index (χ3v) is 3.52. The maximum atomic E-state index is 11.5. The molecule has 6 nitrogen and oxygen atoms in total. The smallest absolute Gasteiger partial charge is 0.339 e. The highest BCUT2D eigenvalue weighted by Crippen LogP contribution is 2.11. The molecule has 0 atom stereocenters. The van der Waals surface area contributed by atoms with E-state index in [2.05, 4.69) is 15.2 Å². The molecule has 3 rings (SSSR count). The average molecular weight is 274 g/mol. The fourth-order valence-corrected chi connectivity index (χ4v) is 2.46. The van der Waals surface area contributed by atoms with E-state index in [0.29, 0.717) is 5.56 Å². The highest BCUT2D eigenvalue weighted by Gasteiger charge is 2.13. The van der Waals surface area contributed by atoms with Crippen molar-refractivity contribution >= 4 is 11.6 Å². The number of aromatic nitrogens is 2. The van der Waals surface area contributed by atoms with Gasteiger partial charge in [0.1, 0.15) is 5.65 Å². The molecular formula is C14H18N4O2. The number of esters is 1. The van der Waals surface area contributed by atoms with Gasteiger partial charge in [0.05, 0.1) is 18.4 Å². The van der Waals surface area contributed by atoms with E-state index in [1.165, 1.54) is 7.11 Å². The van der Waals surface area contributed by atoms with Crippen LogP contribution in [0, 0.1) is 0 Å². The van der Waals surface area contributed by atoms with E-state index in [1.807, 2.05) is 16.7 Å². The first-order valence-electron chi connectivity index (χ1n) is 6.75. The number of pyridine rings is 1. The molecule has 1 N–H and O–H groups in total. The number of carbonyl (C=O) groups excluding carboxylic acids is 1. The van der Waals surface area contributed by atoms with E-state index in [-0.39, 0.29) is 5.97 Å². The predicted octanol–water partition coefficient (Wildman–Crippen LogP) is 0.526. The van der Waals surface area contributed by atoms with Crippen molar-refractivity contribution in [3.63, 3.8) is 0 Å². The molecule has 0 spiro atoms. The van der Waals surface area contributed by atoms with Crippen LogP contribution >= 0.6 is 0 Å². The first-order valence-corrected chi connectivity index (χ1v) is 6.75. The molecular weight excluding hydrogens is 256 g/mol. The Kier molecular flexibility index (Phi) is 3.66. The number of rotatable bonds is 3. The quantitative estimate of drug-likeness (QED) is 0.827. The molecule has 0 aliphatic carbocycles. The Morgan fingerprint density at radius 1 is 1.35 bits per heavy atom. The van der Waals surface area contributed by atoms with Crippen molar-refractivity contribution in [2.75, 3.05) is 33.3 Å². The molecule has 6 heteroatoms. The summed E-state index contributed by atoms with van der Waals surface area (Å²) in [5.41, 5.74) is 2.41. The van der Waals surface area contributed by atoms with Gasteiger partial charge >= 0.3 is 5.97 Å². The summed E-state index contributed by atoms with van der Waals surface area (Å²) in [6, 6.07) is 3.58. The maximum Gasteiger partial charge on any atom is 0.339 e. The van der Waals surface area contributed by atoms with Gasteiger partial charge in [-0.2, -0.15) is 0 Å². The summed E-state index contributed by atoms with van der Waals surface area (Å²) in [5.74, 6) is -0.329. The van der Waals surface area contributed by atoms with Crippen LogP contribution in [0.3, 0.4) is 0 Å². The number of nitrogens with one attached hydrogen (secondary N) is 1. The fourth-order valence-electron chi connectivity index (χ4n) is 2.46. The SMILES string of the molecule is COC(=O)c1ccc2nc(CN3CCNCC3)cn2c1. The molecule has 0 saturated carbocycles. The highest BCUT2D eigenvalue weighted by atomic mass is 16.5. The number of hydrogen-bond donors (Lipinski definition) is 1. The van der Waals surface area contributed by atoms with Crippen LogP contribution in [0.5, 0.6) is 0 Å². The van der Waals surface area contributed by atoms with Gasteiger partial charge in [-0.05, 0) is 12.1 Å². The first kappa shape index (κ1) is 13.1. The Bertz CT molecular complexity index is 617. The second kappa shape index (κ2) is 5.60. The van der Waals surface area contributed by atoms with Crippen LogP contribution in [-0.2, 0) is 11.3 Å². The number of methoxy groups -OCH3 is 1. The molecule has 0 unspecified atom stereocenters. The topological polar surface area (TPSA) is 58.9 Å². The van der Waals surface area contributed by atoms with Gasteiger partial charge in [0.25, 0.3) is 0 Å². The zero-order chi connectivity index (χ0) is 13.9. The summed E-state index contributed by atoms with van der Waals surface area (Å²) >= 11 is 0. The molecule has 0 radical (unpaired) electrons. The number of imidazole rings is 1. The molecule has 2 aromatic heterocycles. The van der Waals surface area contributed by atoms with Crippen molar-refractivity contribution in [3.8, 4) is 0 Å². The molecule has 1 saturated heterocycles. The van der Waals surface area contributed by atoms with Crippen LogP contribution < -0.4 is 5.32 Å². The van der Waals surface area contributed by atoms with Crippen molar-refractivity contribution < 1.29 is 9.53 Å². The maximum absolute atomic E-state index is 11.5. The first-order chi connectivity index (χ1) is 9.76. The molecule has 3 heterocycles. The van der Waals surface area contributed by atoms with Crippen molar-refractivity contribution in [3.05, 3.63) is 35.8 Å². The Balaban J connectivity index is 1.81. The Hall–Kier alpha value is -1.92. The van der Waals surface area contributed by atoms with E-state index < -0.39 is 0 Å². The molecule has 1 aliphatic rings. The minimum absolute atomic E-state index is 0.329. The minimum Gasteiger partial charge on any atom is -0.465 e. The van der Waals surface area contributed by atoms with Crippen LogP contribution in [-0.4, -0.2) is 53.5 Å². The van der Waals surface area contributed by atoms with Crippen molar-refractivity contribution in [2.45, 2.75) is 6.54 Å². The van der Waals surface area contributed by atoms with Crippen LogP contribution in [0.1, 0.15) is 16.1 Å². The van der Waals surface area contributed by atoms with Crippen molar-refractivity contribution in [2.24, 2.45) is 0 Å². The zero-order valence-electron chi connectivity index (χ0n) is 11.5. The number of ether oxygens (including phenoxy) is 1. The Morgan fingerprint density at radius 2 is 2.15 bits per heavy atom. The Morgan fingerprint density at radius 3 is 2.90 bits per heavy atom. The van der Waals surface area contributed by atoms with Crippen LogP contribution in [0.2, 0.25) is 0 Å². The van der Waals surface area contributed by atoms with E-state index in [4.69, 9.17) is 4.74 Å². The molecule has 0 bridgehead atoms. The van der Waals surface area contributed by atoms with Crippen LogP contribution in [0.4, 0.5) is 0 Å². The molecule has 106 valence electrons. The third kappa shape index (κ3) is 2.66. The lowest BCUT2D eigenvalue weighted by atomic mass is 10.3. The van der Waals surface area contributed by atoms with E-state index in [9.17, 15) is 4.79 Å². The molecule has 20 heavy (non-hydrogen) atoms. The summed E-state index contributed by atoms with van der Waals surface area (Å²) in [6.45, 7) is 4.99. The lowest BCUT2D eigenvalue weighted by Crippen LogP contribution is -2.42. The van der Waals surface area contributed by atoms with E-state index in [1.54, 1.807) is 12.3 Å². The summed E-state index contributed by atoms with van der Waals surface area (Å²) in [7, 11) is 1.39. The third-order valence-electron chi connectivity index (χ3n) is 3.52. The highest BCUT2D eigenvalue weighted by molar-refractivity contribution is 5.89. The number of nitrogens with zero attached hydrogens (tertiary/aromatic N) is 3. The largest absolute Gasteiger partial charge is 0.465 e. The molecule has 0 aromatic carbocycles. The standard InChI is InChI=1S/C14H18N4O2/c1-20-14(19)11-2-3-13-16-12(10-18(13)8-11)9-17-6-4-15-5-7-17/h2-3,8,10,15H,4-7,9H2,1H3. The van der Waals surface area contributed by atoms with Crippen molar-refractivity contribution in [1.29, 1.82) is 0 Å². The summed E-state index contributed by atoms with van der Waals surface area (Å²) in [6.07, 6.45) is 3.74. The van der Waals surface area contributed by atoms with Gasteiger partial charge in [0, 0.05) is 45.1 Å². The lowest BCUT2D eigenvalue weighted by Gasteiger charge is -2.26. The Labute approximate surface area is 117 Å². The summed E-state index contributed by atoms with van der Waals surface area (Å²) < 4.78 is 6.60. The predicted molar refractivity (Wildman–Crippen MR) is 74.7 cm³/mol. The molecule has 1 fully saturated rings. The number of carbonyl (C=O) groups is 1. The minimum atomic E-state index is -0.329.